The predicted molar refractivity (Wildman–Crippen MR) is 87.2 cm³/mol. The zero-order valence-electron chi connectivity index (χ0n) is 12.2. The molecule has 0 aromatic heterocycles. The molecule has 3 N–H and O–H groups in total. The fourth-order valence-corrected chi connectivity index (χ4v) is 3.61. The van der Waals surface area contributed by atoms with E-state index in [1.165, 1.54) is 0 Å². The topological polar surface area (TPSA) is 58.4 Å². The predicted octanol–water partition coefficient (Wildman–Crippen LogP) is 2.34. The summed E-state index contributed by atoms with van der Waals surface area (Å²) in [7, 11) is 0. The van der Waals surface area contributed by atoms with E-state index in [2.05, 4.69) is 17.1 Å². The van der Waals surface area contributed by atoms with E-state index in [0.29, 0.717) is 23.2 Å². The van der Waals surface area contributed by atoms with Crippen LogP contribution in [0.15, 0.2) is 18.2 Å². The molecule has 0 aliphatic carbocycles. The van der Waals surface area contributed by atoms with Gasteiger partial charge in [-0.1, -0.05) is 13.0 Å². The fraction of sp³-hybridized carbons (Fsp3) is 0.533. The van der Waals surface area contributed by atoms with Gasteiger partial charge in [-0.2, -0.15) is 11.8 Å². The average molecular weight is 293 g/mol. The number of anilines is 2. The highest BCUT2D eigenvalue weighted by atomic mass is 32.2. The fourth-order valence-electron chi connectivity index (χ4n) is 2.36. The van der Waals surface area contributed by atoms with Crippen LogP contribution in [0.5, 0.6) is 0 Å². The van der Waals surface area contributed by atoms with Gasteiger partial charge in [-0.05, 0) is 31.0 Å². The van der Waals surface area contributed by atoms with Gasteiger partial charge in [0.1, 0.15) is 0 Å². The summed E-state index contributed by atoms with van der Waals surface area (Å²) in [5.74, 6) is 1.13. The van der Waals surface area contributed by atoms with E-state index in [0.717, 1.165) is 30.8 Å². The molecular formula is C15H23N3OS. The van der Waals surface area contributed by atoms with Crippen molar-refractivity contribution in [1.29, 1.82) is 0 Å². The van der Waals surface area contributed by atoms with E-state index in [1.807, 2.05) is 36.9 Å². The van der Waals surface area contributed by atoms with Crippen molar-refractivity contribution < 1.29 is 4.79 Å². The van der Waals surface area contributed by atoms with E-state index >= 15 is 0 Å². The molecule has 1 aromatic carbocycles. The van der Waals surface area contributed by atoms with Gasteiger partial charge in [0.2, 0.25) is 5.91 Å². The van der Waals surface area contributed by atoms with Gasteiger partial charge < -0.3 is 11.1 Å². The third kappa shape index (κ3) is 4.15. The molecule has 1 fully saturated rings. The Kier molecular flexibility index (Phi) is 5.31. The number of aryl methyl sites for hydroxylation is 1. The highest BCUT2D eigenvalue weighted by Gasteiger charge is 2.20. The van der Waals surface area contributed by atoms with Crippen LogP contribution in [0.2, 0.25) is 0 Å². The van der Waals surface area contributed by atoms with Crippen LogP contribution >= 0.6 is 11.8 Å². The minimum Gasteiger partial charge on any atom is -0.397 e. The molecule has 110 valence electrons. The van der Waals surface area contributed by atoms with Crippen LogP contribution in [0.4, 0.5) is 11.4 Å². The number of nitrogens with zero attached hydrogens (tertiary/aromatic N) is 1. The summed E-state index contributed by atoms with van der Waals surface area (Å²) in [5, 5.41) is 3.56. The van der Waals surface area contributed by atoms with Crippen LogP contribution in [-0.4, -0.2) is 41.4 Å². The van der Waals surface area contributed by atoms with E-state index in [-0.39, 0.29) is 5.91 Å². The van der Waals surface area contributed by atoms with Crippen molar-refractivity contribution in [1.82, 2.24) is 4.90 Å². The number of rotatable bonds is 4. The number of hydrogen-bond acceptors (Lipinski definition) is 4. The number of carbonyl (C=O) groups excluding carboxylic acids is 1. The molecule has 1 atom stereocenters. The lowest BCUT2D eigenvalue weighted by molar-refractivity contribution is -0.117. The lowest BCUT2D eigenvalue weighted by Gasteiger charge is -2.31. The Labute approximate surface area is 125 Å². The molecule has 5 heteroatoms. The quantitative estimate of drug-likeness (QED) is 0.837. The molecule has 1 unspecified atom stereocenters. The van der Waals surface area contributed by atoms with Gasteiger partial charge in [0.05, 0.1) is 17.9 Å². The first-order valence-corrected chi connectivity index (χ1v) is 8.13. The van der Waals surface area contributed by atoms with Gasteiger partial charge in [0.25, 0.3) is 0 Å². The molecule has 0 radical (unpaired) electrons. The van der Waals surface area contributed by atoms with E-state index in [9.17, 15) is 4.79 Å². The molecule has 1 aromatic rings. The Balaban J connectivity index is 1.88. The van der Waals surface area contributed by atoms with Gasteiger partial charge >= 0.3 is 0 Å². The number of thioether (sulfide) groups is 1. The summed E-state index contributed by atoms with van der Waals surface area (Å²) in [5.41, 5.74) is 8.34. The number of carbonyl (C=O) groups is 1. The van der Waals surface area contributed by atoms with Crippen molar-refractivity contribution in [2.24, 2.45) is 0 Å². The number of hydrogen-bond donors (Lipinski definition) is 2. The molecule has 4 nitrogen and oxygen atoms in total. The molecule has 20 heavy (non-hydrogen) atoms. The maximum Gasteiger partial charge on any atom is 0.238 e. The lowest BCUT2D eigenvalue weighted by atomic mass is 10.2. The van der Waals surface area contributed by atoms with E-state index < -0.39 is 0 Å². The van der Waals surface area contributed by atoms with Gasteiger partial charge in [-0.3, -0.25) is 9.69 Å². The summed E-state index contributed by atoms with van der Waals surface area (Å²) in [4.78, 5) is 14.3. The number of benzene rings is 1. The molecular weight excluding hydrogens is 270 g/mol. The first-order chi connectivity index (χ1) is 9.58. The Hall–Kier alpha value is -1.20. The molecule has 1 aliphatic heterocycles. The van der Waals surface area contributed by atoms with Crippen LogP contribution in [0.1, 0.15) is 18.9 Å². The molecule has 0 spiro atoms. The van der Waals surface area contributed by atoms with Crippen molar-refractivity contribution in [2.75, 3.05) is 36.4 Å². The summed E-state index contributed by atoms with van der Waals surface area (Å²) < 4.78 is 0. The Morgan fingerprint density at radius 1 is 1.55 bits per heavy atom. The van der Waals surface area contributed by atoms with Crippen molar-refractivity contribution in [3.8, 4) is 0 Å². The lowest BCUT2D eigenvalue weighted by Crippen LogP contribution is -2.42. The normalized spacial score (nSPS) is 19.8. The molecule has 0 saturated carbocycles. The molecule has 1 heterocycles. The van der Waals surface area contributed by atoms with Gasteiger partial charge in [-0.15, -0.1) is 0 Å². The molecule has 1 saturated heterocycles. The van der Waals surface area contributed by atoms with Crippen molar-refractivity contribution in [3.63, 3.8) is 0 Å². The van der Waals surface area contributed by atoms with Crippen LogP contribution in [0, 0.1) is 6.92 Å². The van der Waals surface area contributed by atoms with Gasteiger partial charge in [0, 0.05) is 24.1 Å². The monoisotopic (exact) mass is 293 g/mol. The Bertz CT molecular complexity index is 478. The molecule has 0 bridgehead atoms. The van der Waals surface area contributed by atoms with Crippen LogP contribution in [0.3, 0.4) is 0 Å². The molecule has 2 rings (SSSR count). The maximum absolute atomic E-state index is 12.1. The summed E-state index contributed by atoms with van der Waals surface area (Å²) in [6.45, 7) is 6.62. The smallest absolute Gasteiger partial charge is 0.238 e. The van der Waals surface area contributed by atoms with Gasteiger partial charge in [0.15, 0.2) is 0 Å². The van der Waals surface area contributed by atoms with Crippen molar-refractivity contribution in [2.45, 2.75) is 25.5 Å². The largest absolute Gasteiger partial charge is 0.397 e. The number of nitrogens with two attached hydrogens (primary N) is 1. The molecule has 1 amide bonds. The second kappa shape index (κ2) is 6.99. The number of nitrogens with one attached hydrogen (secondary N) is 1. The van der Waals surface area contributed by atoms with Crippen molar-refractivity contribution in [3.05, 3.63) is 23.8 Å². The third-order valence-corrected chi connectivity index (χ3v) is 4.90. The second-order valence-corrected chi connectivity index (χ2v) is 6.68. The first kappa shape index (κ1) is 15.2. The highest BCUT2D eigenvalue weighted by molar-refractivity contribution is 8.00. The minimum absolute atomic E-state index is 0.0160. The van der Waals surface area contributed by atoms with Crippen LogP contribution in [0.25, 0.3) is 0 Å². The zero-order valence-corrected chi connectivity index (χ0v) is 13.0. The van der Waals surface area contributed by atoms with Crippen molar-refractivity contribution >= 4 is 29.0 Å². The van der Waals surface area contributed by atoms with Crippen LogP contribution in [-0.2, 0) is 4.79 Å². The van der Waals surface area contributed by atoms with E-state index in [1.54, 1.807) is 0 Å². The third-order valence-electron chi connectivity index (χ3n) is 3.53. The van der Waals surface area contributed by atoms with E-state index in [4.69, 9.17) is 5.73 Å². The Morgan fingerprint density at radius 3 is 3.05 bits per heavy atom. The van der Waals surface area contributed by atoms with Gasteiger partial charge in [-0.25, -0.2) is 0 Å². The maximum atomic E-state index is 12.1. The second-order valence-electron chi connectivity index (χ2n) is 5.28. The summed E-state index contributed by atoms with van der Waals surface area (Å²) in [6.07, 6.45) is 1.16. The minimum atomic E-state index is 0.0160. The standard InChI is InChI=1S/C15H23N3OS/c1-3-12-9-18(6-7-20-12)10-15(19)17-14-5-4-11(2)8-13(14)16/h4-5,8,12H,3,6-7,9-10,16H2,1-2H3,(H,17,19). The molecule has 1 aliphatic rings. The summed E-state index contributed by atoms with van der Waals surface area (Å²) in [6, 6.07) is 5.69. The number of amides is 1. The average Bonchev–Trinajstić information content (AvgIpc) is 2.42. The van der Waals surface area contributed by atoms with Crippen LogP contribution < -0.4 is 11.1 Å². The summed E-state index contributed by atoms with van der Waals surface area (Å²) >= 11 is 2.01. The zero-order chi connectivity index (χ0) is 14.5. The first-order valence-electron chi connectivity index (χ1n) is 7.08. The highest BCUT2D eigenvalue weighted by Crippen LogP contribution is 2.22. The Morgan fingerprint density at radius 2 is 2.35 bits per heavy atom. The SMILES string of the molecule is CCC1CN(CC(=O)Nc2ccc(C)cc2N)CCS1. The number of nitrogen functional groups attached to an aromatic ring is 1.